The summed E-state index contributed by atoms with van der Waals surface area (Å²) in [6.07, 6.45) is 32.2. The SMILES string of the molecule is CCCCCCCCCCCCCCCC(=O)OCC(CS/C=C/C(=O)NCC(=O)NCC(=O)NCC(=O)N[C@@H](CCC(=O)OC(C)(C)C)C(=O)OC(C)(C)C)OC(=O)CCCCCCCCCCCCCCC. The van der Waals surface area contributed by atoms with E-state index in [0.29, 0.717) is 6.42 Å². The molecular weight excluding hydrogens is 965 g/mol. The fourth-order valence-electron chi connectivity index (χ4n) is 7.70. The van der Waals surface area contributed by atoms with E-state index in [0.717, 1.165) is 44.9 Å². The molecule has 4 N–H and O–H groups in total. The number of carbonyl (C=O) groups excluding carboxylic acids is 8. The van der Waals surface area contributed by atoms with E-state index < -0.39 is 78.5 Å². The zero-order chi connectivity index (χ0) is 55.3. The molecule has 17 heteroatoms. The van der Waals surface area contributed by atoms with Gasteiger partial charge in [0.05, 0.1) is 19.6 Å². The number of unbranched alkanes of at least 4 members (excludes halogenated alkanes) is 24. The summed E-state index contributed by atoms with van der Waals surface area (Å²) in [4.78, 5) is 101. The van der Waals surface area contributed by atoms with Crippen LogP contribution in [-0.2, 0) is 57.3 Å². The standard InChI is InChI=1S/C57H102N4O12S/c1-9-11-13-15-17-19-21-23-25-27-29-31-33-35-52(66)70-44-46(71-53(67)36-34-32-30-28-26-24-22-20-18-16-14-12-10-2)45-74-40-39-48(62)58-41-49(63)59-42-50(64)60-43-51(65)61-47(55(69)73-57(6,7)8)37-38-54(68)72-56(3,4)5/h39-40,46-47H,9-38,41-45H2,1-8H3,(H,58,62)(H,59,63)(H,60,64)(H,61,65)/b40-39+/t46?,47-/m0/s1. The minimum absolute atomic E-state index is 0.0878. The molecule has 0 aliphatic heterocycles. The van der Waals surface area contributed by atoms with Gasteiger partial charge in [-0.25, -0.2) is 4.79 Å². The zero-order valence-electron chi connectivity index (χ0n) is 47.4. The second kappa shape index (κ2) is 45.1. The third-order valence-electron chi connectivity index (χ3n) is 11.7. The Bertz CT molecular complexity index is 1600. The zero-order valence-corrected chi connectivity index (χ0v) is 48.2. The summed E-state index contributed by atoms with van der Waals surface area (Å²) in [6, 6.07) is -1.18. The van der Waals surface area contributed by atoms with E-state index >= 15 is 0 Å². The van der Waals surface area contributed by atoms with Crippen molar-refractivity contribution in [2.24, 2.45) is 0 Å². The monoisotopic (exact) mass is 1070 g/mol. The van der Waals surface area contributed by atoms with E-state index in [1.54, 1.807) is 41.5 Å². The van der Waals surface area contributed by atoms with Gasteiger partial charge in [0, 0.05) is 31.1 Å². The lowest BCUT2D eigenvalue weighted by Crippen LogP contribution is -2.49. The van der Waals surface area contributed by atoms with Crippen LogP contribution in [0.15, 0.2) is 11.5 Å². The molecule has 0 rings (SSSR count). The van der Waals surface area contributed by atoms with Crippen LogP contribution in [0.1, 0.15) is 248 Å². The molecule has 0 aromatic heterocycles. The minimum atomic E-state index is -1.18. The topological polar surface area (TPSA) is 222 Å². The lowest BCUT2D eigenvalue weighted by atomic mass is 10.0. The quantitative estimate of drug-likeness (QED) is 0.0193. The second-order valence-electron chi connectivity index (χ2n) is 21.5. The molecule has 0 radical (unpaired) electrons. The van der Waals surface area contributed by atoms with E-state index in [9.17, 15) is 38.4 Å². The van der Waals surface area contributed by atoms with Gasteiger partial charge in [0.15, 0.2) is 0 Å². The Labute approximate surface area is 451 Å². The number of rotatable bonds is 46. The van der Waals surface area contributed by atoms with Crippen LogP contribution in [0.3, 0.4) is 0 Å². The third-order valence-corrected chi connectivity index (χ3v) is 12.6. The molecule has 0 heterocycles. The molecule has 16 nitrogen and oxygen atoms in total. The third kappa shape index (κ3) is 47.6. The highest BCUT2D eigenvalue weighted by atomic mass is 32.2. The maximum Gasteiger partial charge on any atom is 0.329 e. The van der Waals surface area contributed by atoms with Crippen molar-refractivity contribution in [2.45, 2.75) is 271 Å². The van der Waals surface area contributed by atoms with E-state index in [-0.39, 0.29) is 43.6 Å². The van der Waals surface area contributed by atoms with Gasteiger partial charge >= 0.3 is 23.9 Å². The molecule has 4 amide bonds. The highest BCUT2D eigenvalue weighted by Crippen LogP contribution is 2.18. The van der Waals surface area contributed by atoms with E-state index in [1.807, 2.05) is 0 Å². The summed E-state index contributed by atoms with van der Waals surface area (Å²) in [5, 5.41) is 11.1. The van der Waals surface area contributed by atoms with E-state index in [4.69, 9.17) is 18.9 Å². The van der Waals surface area contributed by atoms with Crippen LogP contribution in [0.2, 0.25) is 0 Å². The number of esters is 4. The first kappa shape index (κ1) is 69.8. The second-order valence-corrected chi connectivity index (χ2v) is 22.4. The Hall–Kier alpha value is -4.15. The fourth-order valence-corrected chi connectivity index (χ4v) is 8.41. The predicted octanol–water partition coefficient (Wildman–Crippen LogP) is 10.9. The molecule has 428 valence electrons. The summed E-state index contributed by atoms with van der Waals surface area (Å²) < 4.78 is 22.0. The lowest BCUT2D eigenvalue weighted by molar-refractivity contribution is -0.160. The molecule has 74 heavy (non-hydrogen) atoms. The smallest absolute Gasteiger partial charge is 0.329 e. The van der Waals surface area contributed by atoms with Crippen molar-refractivity contribution in [1.29, 1.82) is 0 Å². The average Bonchev–Trinajstić information content (AvgIpc) is 3.33. The van der Waals surface area contributed by atoms with Crippen LogP contribution >= 0.6 is 11.8 Å². The first-order valence-electron chi connectivity index (χ1n) is 28.4. The maximum absolute atomic E-state index is 12.9. The van der Waals surface area contributed by atoms with Gasteiger partial charge in [-0.05, 0) is 66.2 Å². The maximum atomic E-state index is 12.9. The molecule has 1 unspecified atom stereocenters. The van der Waals surface area contributed by atoms with Crippen molar-refractivity contribution in [3.63, 3.8) is 0 Å². The molecule has 0 saturated heterocycles. The number of hydrogen-bond donors (Lipinski definition) is 4. The van der Waals surface area contributed by atoms with E-state index in [1.165, 1.54) is 145 Å². The summed E-state index contributed by atoms with van der Waals surface area (Å²) in [7, 11) is 0. The number of amides is 4. The molecular formula is C57H102N4O12S. The fraction of sp³-hybridized carbons (Fsp3) is 0.825. The molecule has 0 spiro atoms. The number of carbonyl (C=O) groups is 8. The molecule has 0 saturated carbocycles. The Morgan fingerprint density at radius 2 is 0.878 bits per heavy atom. The molecule has 0 aliphatic carbocycles. The lowest BCUT2D eigenvalue weighted by Gasteiger charge is -2.25. The van der Waals surface area contributed by atoms with Gasteiger partial charge in [0.2, 0.25) is 23.6 Å². The Kier molecular flexibility index (Phi) is 42.6. The van der Waals surface area contributed by atoms with Crippen LogP contribution < -0.4 is 21.3 Å². The van der Waals surface area contributed by atoms with Gasteiger partial charge in [-0.15, -0.1) is 11.8 Å². The van der Waals surface area contributed by atoms with Crippen molar-refractivity contribution in [2.75, 3.05) is 32.0 Å². The number of thioether (sulfide) groups is 1. The van der Waals surface area contributed by atoms with Gasteiger partial charge in [0.1, 0.15) is 30.0 Å². The molecule has 0 aliphatic rings. The summed E-state index contributed by atoms with van der Waals surface area (Å²) in [6.45, 7) is 13.1. The first-order valence-corrected chi connectivity index (χ1v) is 29.5. The predicted molar refractivity (Wildman–Crippen MR) is 295 cm³/mol. The number of nitrogens with one attached hydrogen (secondary N) is 4. The average molecular weight is 1070 g/mol. The molecule has 2 atom stereocenters. The van der Waals surface area contributed by atoms with Crippen LogP contribution in [0.4, 0.5) is 0 Å². The summed E-state index contributed by atoms with van der Waals surface area (Å²) >= 11 is 1.20. The van der Waals surface area contributed by atoms with Crippen LogP contribution in [0.25, 0.3) is 0 Å². The number of ether oxygens (including phenoxy) is 4. The Morgan fingerprint density at radius 3 is 1.32 bits per heavy atom. The van der Waals surface area contributed by atoms with Crippen LogP contribution in [-0.4, -0.2) is 103 Å². The van der Waals surface area contributed by atoms with Crippen molar-refractivity contribution >= 4 is 59.3 Å². The molecule has 0 bridgehead atoms. The highest BCUT2D eigenvalue weighted by molar-refractivity contribution is 8.02. The van der Waals surface area contributed by atoms with Crippen molar-refractivity contribution < 1.29 is 57.3 Å². The molecule has 0 aromatic rings. The largest absolute Gasteiger partial charge is 0.462 e. The minimum Gasteiger partial charge on any atom is -0.462 e. The Balaban J connectivity index is 4.86. The normalized spacial score (nSPS) is 12.4. The van der Waals surface area contributed by atoms with Gasteiger partial charge in [-0.3, -0.25) is 33.6 Å². The van der Waals surface area contributed by atoms with Crippen molar-refractivity contribution in [1.82, 2.24) is 21.3 Å². The Morgan fingerprint density at radius 1 is 0.473 bits per heavy atom. The summed E-state index contributed by atoms with van der Waals surface area (Å²) in [5.41, 5.74) is -1.59. The van der Waals surface area contributed by atoms with Crippen LogP contribution in [0.5, 0.6) is 0 Å². The van der Waals surface area contributed by atoms with Crippen molar-refractivity contribution in [3.05, 3.63) is 11.5 Å². The van der Waals surface area contributed by atoms with Crippen molar-refractivity contribution in [3.8, 4) is 0 Å². The van der Waals surface area contributed by atoms with Gasteiger partial charge < -0.3 is 40.2 Å². The van der Waals surface area contributed by atoms with Gasteiger partial charge in [-0.2, -0.15) is 0 Å². The first-order chi connectivity index (χ1) is 35.2. The van der Waals surface area contributed by atoms with Gasteiger partial charge in [-0.1, -0.05) is 168 Å². The molecule has 0 fully saturated rings. The van der Waals surface area contributed by atoms with Crippen LogP contribution in [0, 0.1) is 0 Å². The van der Waals surface area contributed by atoms with E-state index in [2.05, 4.69) is 35.1 Å². The van der Waals surface area contributed by atoms with Gasteiger partial charge in [0.25, 0.3) is 0 Å². The number of hydrogen-bond acceptors (Lipinski definition) is 13. The molecule has 0 aromatic carbocycles. The highest BCUT2D eigenvalue weighted by Gasteiger charge is 2.28. The summed E-state index contributed by atoms with van der Waals surface area (Å²) in [5.74, 6) is -4.43.